The Kier molecular flexibility index (Phi) is 3.54. The molecule has 0 aromatic rings. The standard InChI is InChI=1S/C14H21NO3/c1-5-6-17-9-12-10-7-15(8-11(10)12)13(16)18-14(2,3)4/h1,10-12H,6-9H2,2-4H3. The molecule has 1 amide bonds. The summed E-state index contributed by atoms with van der Waals surface area (Å²) in [5, 5.41) is 0. The molecule has 4 heteroatoms. The maximum Gasteiger partial charge on any atom is 0.410 e. The smallest absolute Gasteiger partial charge is 0.410 e. The van der Waals surface area contributed by atoms with Crippen LogP contribution in [0.15, 0.2) is 0 Å². The lowest BCUT2D eigenvalue weighted by molar-refractivity contribution is 0.0253. The van der Waals surface area contributed by atoms with Crippen molar-refractivity contribution in [2.45, 2.75) is 26.4 Å². The van der Waals surface area contributed by atoms with E-state index >= 15 is 0 Å². The zero-order chi connectivity index (χ0) is 13.3. The van der Waals surface area contributed by atoms with Crippen molar-refractivity contribution in [2.75, 3.05) is 26.3 Å². The fraction of sp³-hybridized carbons (Fsp3) is 0.786. The van der Waals surface area contributed by atoms with Crippen LogP contribution in [-0.4, -0.2) is 42.9 Å². The molecule has 1 heterocycles. The van der Waals surface area contributed by atoms with E-state index in [-0.39, 0.29) is 6.09 Å². The minimum atomic E-state index is -0.417. The normalized spacial score (nSPS) is 29.7. The lowest BCUT2D eigenvalue weighted by atomic mass is 10.2. The van der Waals surface area contributed by atoms with E-state index in [0.717, 1.165) is 19.7 Å². The third kappa shape index (κ3) is 2.97. The molecule has 1 aliphatic carbocycles. The number of hydrogen-bond acceptors (Lipinski definition) is 3. The molecule has 1 saturated heterocycles. The number of rotatable bonds is 3. The van der Waals surface area contributed by atoms with Gasteiger partial charge in [0.15, 0.2) is 0 Å². The van der Waals surface area contributed by atoms with Crippen LogP contribution in [0.1, 0.15) is 20.8 Å². The molecular weight excluding hydrogens is 230 g/mol. The van der Waals surface area contributed by atoms with E-state index in [9.17, 15) is 4.79 Å². The first-order valence-electron chi connectivity index (χ1n) is 6.41. The van der Waals surface area contributed by atoms with Crippen molar-refractivity contribution in [1.82, 2.24) is 4.90 Å². The van der Waals surface area contributed by atoms with Gasteiger partial charge in [0, 0.05) is 13.1 Å². The summed E-state index contributed by atoms with van der Waals surface area (Å²) in [6, 6.07) is 0. The molecule has 0 bridgehead atoms. The predicted molar refractivity (Wildman–Crippen MR) is 67.9 cm³/mol. The van der Waals surface area contributed by atoms with Gasteiger partial charge in [0.1, 0.15) is 12.2 Å². The second-order valence-corrected chi connectivity index (χ2v) is 6.10. The van der Waals surface area contributed by atoms with Gasteiger partial charge in [0.2, 0.25) is 0 Å². The number of amides is 1. The Morgan fingerprint density at radius 1 is 1.39 bits per heavy atom. The summed E-state index contributed by atoms with van der Waals surface area (Å²) < 4.78 is 10.7. The number of terminal acetylenes is 1. The Morgan fingerprint density at radius 3 is 2.50 bits per heavy atom. The minimum absolute atomic E-state index is 0.196. The van der Waals surface area contributed by atoms with Crippen LogP contribution >= 0.6 is 0 Å². The highest BCUT2D eigenvalue weighted by Crippen LogP contribution is 2.51. The Bertz CT molecular complexity index is 354. The quantitative estimate of drug-likeness (QED) is 0.566. The van der Waals surface area contributed by atoms with Crippen LogP contribution in [0.5, 0.6) is 0 Å². The Hall–Kier alpha value is -1.21. The van der Waals surface area contributed by atoms with E-state index in [1.165, 1.54) is 0 Å². The van der Waals surface area contributed by atoms with E-state index in [1.54, 1.807) is 4.90 Å². The molecule has 18 heavy (non-hydrogen) atoms. The highest BCUT2D eigenvalue weighted by Gasteiger charge is 2.56. The highest BCUT2D eigenvalue weighted by molar-refractivity contribution is 5.68. The molecule has 1 aliphatic heterocycles. The largest absolute Gasteiger partial charge is 0.444 e. The van der Waals surface area contributed by atoms with E-state index in [0.29, 0.717) is 24.4 Å². The molecule has 0 radical (unpaired) electrons. The van der Waals surface area contributed by atoms with Crippen LogP contribution in [0.3, 0.4) is 0 Å². The Balaban J connectivity index is 1.71. The molecule has 0 aromatic heterocycles. The molecule has 1 saturated carbocycles. The first-order valence-corrected chi connectivity index (χ1v) is 6.41. The fourth-order valence-electron chi connectivity index (χ4n) is 2.63. The maximum atomic E-state index is 11.8. The molecule has 0 aromatic carbocycles. The van der Waals surface area contributed by atoms with Crippen LogP contribution < -0.4 is 0 Å². The van der Waals surface area contributed by atoms with E-state index < -0.39 is 5.60 Å². The first kappa shape index (κ1) is 13.2. The number of hydrogen-bond donors (Lipinski definition) is 0. The third-order valence-corrected chi connectivity index (χ3v) is 3.52. The Labute approximate surface area is 109 Å². The summed E-state index contributed by atoms with van der Waals surface area (Å²) in [5.74, 6) is 4.20. The molecule has 2 fully saturated rings. The van der Waals surface area contributed by atoms with Crippen molar-refractivity contribution in [2.24, 2.45) is 17.8 Å². The van der Waals surface area contributed by atoms with Gasteiger partial charge in [-0.05, 0) is 38.5 Å². The molecule has 2 rings (SSSR count). The SMILES string of the molecule is C#CCOCC1C2CN(C(=O)OC(C)(C)C)CC12. The van der Waals surface area contributed by atoms with Gasteiger partial charge in [-0.1, -0.05) is 5.92 Å². The summed E-state index contributed by atoms with van der Waals surface area (Å²) in [6.07, 6.45) is 4.93. The minimum Gasteiger partial charge on any atom is -0.444 e. The lowest BCUT2D eigenvalue weighted by Crippen LogP contribution is -2.37. The molecule has 2 unspecified atom stereocenters. The average Bonchev–Trinajstić information content (AvgIpc) is 2.72. The number of likely N-dealkylation sites (tertiary alicyclic amines) is 1. The van der Waals surface area contributed by atoms with Gasteiger partial charge < -0.3 is 14.4 Å². The number of piperidine rings is 1. The third-order valence-electron chi connectivity index (χ3n) is 3.52. The van der Waals surface area contributed by atoms with E-state index in [1.807, 2.05) is 20.8 Å². The molecule has 2 aliphatic rings. The maximum absolute atomic E-state index is 11.8. The van der Waals surface area contributed by atoms with Gasteiger partial charge in [-0.2, -0.15) is 0 Å². The van der Waals surface area contributed by atoms with Crippen molar-refractivity contribution in [3.63, 3.8) is 0 Å². The first-order chi connectivity index (χ1) is 8.42. The van der Waals surface area contributed by atoms with Gasteiger partial charge in [-0.15, -0.1) is 6.42 Å². The van der Waals surface area contributed by atoms with Crippen molar-refractivity contribution in [3.05, 3.63) is 0 Å². The van der Waals surface area contributed by atoms with Gasteiger partial charge in [-0.25, -0.2) is 4.79 Å². The summed E-state index contributed by atoms with van der Waals surface area (Å²) >= 11 is 0. The van der Waals surface area contributed by atoms with Crippen molar-refractivity contribution < 1.29 is 14.3 Å². The second kappa shape index (κ2) is 4.81. The number of ether oxygens (including phenoxy) is 2. The van der Waals surface area contributed by atoms with Crippen LogP contribution in [0, 0.1) is 30.1 Å². The number of fused-ring (bicyclic) bond motifs is 1. The summed E-state index contributed by atoms with van der Waals surface area (Å²) in [5.41, 5.74) is -0.417. The number of carbonyl (C=O) groups is 1. The summed E-state index contributed by atoms with van der Waals surface area (Å²) in [4.78, 5) is 13.6. The predicted octanol–water partition coefficient (Wildman–Crippen LogP) is 1.75. The molecule has 2 atom stereocenters. The van der Waals surface area contributed by atoms with E-state index in [4.69, 9.17) is 15.9 Å². The monoisotopic (exact) mass is 251 g/mol. The van der Waals surface area contributed by atoms with Gasteiger partial charge in [0.25, 0.3) is 0 Å². The molecule has 0 N–H and O–H groups in total. The molecule has 4 nitrogen and oxygen atoms in total. The lowest BCUT2D eigenvalue weighted by Gasteiger charge is -2.25. The van der Waals surface area contributed by atoms with Gasteiger partial charge >= 0.3 is 6.09 Å². The molecule has 0 spiro atoms. The van der Waals surface area contributed by atoms with Crippen molar-refractivity contribution >= 4 is 6.09 Å². The van der Waals surface area contributed by atoms with E-state index in [2.05, 4.69) is 5.92 Å². The zero-order valence-electron chi connectivity index (χ0n) is 11.3. The average molecular weight is 251 g/mol. The topological polar surface area (TPSA) is 38.8 Å². The van der Waals surface area contributed by atoms with Crippen LogP contribution in [0.25, 0.3) is 0 Å². The van der Waals surface area contributed by atoms with Gasteiger partial charge in [0.05, 0.1) is 6.61 Å². The van der Waals surface area contributed by atoms with Crippen molar-refractivity contribution in [3.8, 4) is 12.3 Å². The molecular formula is C14H21NO3. The second-order valence-electron chi connectivity index (χ2n) is 6.10. The zero-order valence-corrected chi connectivity index (χ0v) is 11.3. The summed E-state index contributed by atoms with van der Waals surface area (Å²) in [6.45, 7) is 8.36. The van der Waals surface area contributed by atoms with Crippen LogP contribution in [-0.2, 0) is 9.47 Å². The van der Waals surface area contributed by atoms with Crippen LogP contribution in [0.2, 0.25) is 0 Å². The van der Waals surface area contributed by atoms with Crippen LogP contribution in [0.4, 0.5) is 4.79 Å². The molecule has 100 valence electrons. The number of nitrogens with zero attached hydrogens (tertiary/aromatic N) is 1. The van der Waals surface area contributed by atoms with Gasteiger partial charge in [-0.3, -0.25) is 0 Å². The number of carbonyl (C=O) groups excluding carboxylic acids is 1. The summed E-state index contributed by atoms with van der Waals surface area (Å²) in [7, 11) is 0. The highest BCUT2D eigenvalue weighted by atomic mass is 16.6. The Morgan fingerprint density at radius 2 is 2.00 bits per heavy atom. The van der Waals surface area contributed by atoms with Crippen molar-refractivity contribution in [1.29, 1.82) is 0 Å². The fourth-order valence-corrected chi connectivity index (χ4v) is 2.63.